The Bertz CT molecular complexity index is 334. The van der Waals surface area contributed by atoms with Gasteiger partial charge in [-0.15, -0.1) is 0 Å². The molecule has 16 heavy (non-hydrogen) atoms. The third kappa shape index (κ3) is 4.82. The van der Waals surface area contributed by atoms with E-state index in [1.807, 2.05) is 12.1 Å². The summed E-state index contributed by atoms with van der Waals surface area (Å²) in [5, 5.41) is 8.66. The highest BCUT2D eigenvalue weighted by atomic mass is 16.5. The third-order valence-electron chi connectivity index (χ3n) is 2.27. The van der Waals surface area contributed by atoms with E-state index in [9.17, 15) is 4.79 Å². The molecule has 0 unspecified atom stereocenters. The Balaban J connectivity index is 2.44. The SMILES string of the molecule is CCCCCOc1cccc(CC(=O)O)c1. The second kappa shape index (κ2) is 6.88. The van der Waals surface area contributed by atoms with E-state index in [0.717, 1.165) is 24.2 Å². The van der Waals surface area contributed by atoms with Crippen molar-refractivity contribution in [1.29, 1.82) is 0 Å². The van der Waals surface area contributed by atoms with Crippen LogP contribution in [0.4, 0.5) is 0 Å². The Morgan fingerprint density at radius 1 is 1.38 bits per heavy atom. The molecule has 0 bridgehead atoms. The lowest BCUT2D eigenvalue weighted by Gasteiger charge is -2.06. The lowest BCUT2D eigenvalue weighted by Crippen LogP contribution is -2.01. The maximum absolute atomic E-state index is 10.5. The topological polar surface area (TPSA) is 46.5 Å². The minimum Gasteiger partial charge on any atom is -0.494 e. The molecule has 0 aliphatic rings. The van der Waals surface area contributed by atoms with E-state index in [-0.39, 0.29) is 6.42 Å². The summed E-state index contributed by atoms with van der Waals surface area (Å²) in [5.41, 5.74) is 0.778. The minimum absolute atomic E-state index is 0.0478. The second-order valence-corrected chi connectivity index (χ2v) is 3.77. The zero-order valence-electron chi connectivity index (χ0n) is 9.61. The summed E-state index contributed by atoms with van der Waals surface area (Å²) in [4.78, 5) is 10.5. The van der Waals surface area contributed by atoms with Crippen LogP contribution in [0.1, 0.15) is 31.7 Å². The molecule has 88 valence electrons. The van der Waals surface area contributed by atoms with Gasteiger partial charge in [-0.25, -0.2) is 0 Å². The quantitative estimate of drug-likeness (QED) is 0.721. The highest BCUT2D eigenvalue weighted by molar-refractivity contribution is 5.70. The largest absolute Gasteiger partial charge is 0.494 e. The Hall–Kier alpha value is -1.51. The van der Waals surface area contributed by atoms with Crippen molar-refractivity contribution < 1.29 is 14.6 Å². The average Bonchev–Trinajstić information content (AvgIpc) is 2.24. The molecule has 0 spiro atoms. The van der Waals surface area contributed by atoms with Gasteiger partial charge >= 0.3 is 5.97 Å². The van der Waals surface area contributed by atoms with Crippen molar-refractivity contribution in [3.8, 4) is 5.75 Å². The van der Waals surface area contributed by atoms with Gasteiger partial charge in [0.15, 0.2) is 0 Å². The number of carboxylic acids is 1. The smallest absolute Gasteiger partial charge is 0.307 e. The lowest BCUT2D eigenvalue weighted by atomic mass is 10.1. The van der Waals surface area contributed by atoms with Gasteiger partial charge in [0.05, 0.1) is 13.0 Å². The molecule has 0 atom stereocenters. The fourth-order valence-electron chi connectivity index (χ4n) is 1.46. The zero-order valence-corrected chi connectivity index (χ0v) is 9.61. The number of unbranched alkanes of at least 4 members (excludes halogenated alkanes) is 2. The van der Waals surface area contributed by atoms with Crippen molar-refractivity contribution in [3.63, 3.8) is 0 Å². The van der Waals surface area contributed by atoms with Crippen LogP contribution in [0.2, 0.25) is 0 Å². The predicted octanol–water partition coefficient (Wildman–Crippen LogP) is 2.88. The van der Waals surface area contributed by atoms with Gasteiger partial charge in [0, 0.05) is 0 Å². The van der Waals surface area contributed by atoms with Crippen LogP contribution in [0.3, 0.4) is 0 Å². The van der Waals surface area contributed by atoms with Gasteiger partial charge in [-0.2, -0.15) is 0 Å². The Morgan fingerprint density at radius 2 is 2.19 bits per heavy atom. The molecule has 1 aromatic carbocycles. The molecule has 3 nitrogen and oxygen atoms in total. The molecule has 0 aliphatic carbocycles. The van der Waals surface area contributed by atoms with Crippen molar-refractivity contribution in [2.75, 3.05) is 6.61 Å². The van der Waals surface area contributed by atoms with Gasteiger partial charge < -0.3 is 9.84 Å². The number of hydrogen-bond acceptors (Lipinski definition) is 2. The van der Waals surface area contributed by atoms with E-state index in [0.29, 0.717) is 6.61 Å². The molecule has 0 radical (unpaired) electrons. The molecule has 0 saturated carbocycles. The molecular formula is C13H18O3. The molecule has 0 amide bonds. The first-order valence-electron chi connectivity index (χ1n) is 5.66. The number of benzene rings is 1. The monoisotopic (exact) mass is 222 g/mol. The Kier molecular flexibility index (Phi) is 5.40. The van der Waals surface area contributed by atoms with Crippen molar-refractivity contribution in [1.82, 2.24) is 0 Å². The van der Waals surface area contributed by atoms with Gasteiger partial charge in [0.25, 0.3) is 0 Å². The van der Waals surface area contributed by atoms with Crippen molar-refractivity contribution in [3.05, 3.63) is 29.8 Å². The van der Waals surface area contributed by atoms with Crippen LogP contribution < -0.4 is 4.74 Å². The molecular weight excluding hydrogens is 204 g/mol. The van der Waals surface area contributed by atoms with Gasteiger partial charge in [-0.1, -0.05) is 31.9 Å². The van der Waals surface area contributed by atoms with E-state index < -0.39 is 5.97 Å². The summed E-state index contributed by atoms with van der Waals surface area (Å²) < 4.78 is 5.54. The minimum atomic E-state index is -0.817. The van der Waals surface area contributed by atoms with E-state index >= 15 is 0 Å². The highest BCUT2D eigenvalue weighted by Gasteiger charge is 2.01. The fourth-order valence-corrected chi connectivity index (χ4v) is 1.46. The first kappa shape index (κ1) is 12.6. The molecule has 0 heterocycles. The third-order valence-corrected chi connectivity index (χ3v) is 2.27. The molecule has 0 aromatic heterocycles. The number of carboxylic acid groups (broad SMARTS) is 1. The zero-order chi connectivity index (χ0) is 11.8. The van der Waals surface area contributed by atoms with Gasteiger partial charge in [-0.3, -0.25) is 4.79 Å². The van der Waals surface area contributed by atoms with Crippen LogP contribution in [0.15, 0.2) is 24.3 Å². The summed E-state index contributed by atoms with van der Waals surface area (Å²) in [7, 11) is 0. The van der Waals surface area contributed by atoms with Crippen LogP contribution >= 0.6 is 0 Å². The first-order valence-corrected chi connectivity index (χ1v) is 5.66. The lowest BCUT2D eigenvalue weighted by molar-refractivity contribution is -0.136. The Morgan fingerprint density at radius 3 is 2.88 bits per heavy atom. The van der Waals surface area contributed by atoms with E-state index in [4.69, 9.17) is 9.84 Å². The van der Waals surface area contributed by atoms with Gasteiger partial charge in [0.2, 0.25) is 0 Å². The summed E-state index contributed by atoms with van der Waals surface area (Å²) in [5.74, 6) is -0.0574. The van der Waals surface area contributed by atoms with Crippen LogP contribution in [0.25, 0.3) is 0 Å². The van der Waals surface area contributed by atoms with E-state index in [1.165, 1.54) is 6.42 Å². The number of carbonyl (C=O) groups is 1. The van der Waals surface area contributed by atoms with E-state index in [1.54, 1.807) is 12.1 Å². The van der Waals surface area contributed by atoms with Crippen molar-refractivity contribution >= 4 is 5.97 Å². The number of ether oxygens (including phenoxy) is 1. The maximum Gasteiger partial charge on any atom is 0.307 e. The molecule has 1 aromatic rings. The molecule has 0 aliphatic heterocycles. The summed E-state index contributed by atoms with van der Waals surface area (Å²) in [6, 6.07) is 7.28. The van der Waals surface area contributed by atoms with Crippen LogP contribution in [-0.2, 0) is 11.2 Å². The van der Waals surface area contributed by atoms with Crippen molar-refractivity contribution in [2.45, 2.75) is 32.6 Å². The molecule has 1 rings (SSSR count). The summed E-state index contributed by atoms with van der Waals surface area (Å²) in [6.07, 6.45) is 3.42. The van der Waals surface area contributed by atoms with Crippen LogP contribution in [0.5, 0.6) is 5.75 Å². The average molecular weight is 222 g/mol. The molecule has 0 fully saturated rings. The fraction of sp³-hybridized carbons (Fsp3) is 0.462. The van der Waals surface area contributed by atoms with E-state index in [2.05, 4.69) is 6.92 Å². The molecule has 0 saturated heterocycles. The second-order valence-electron chi connectivity index (χ2n) is 3.77. The number of aliphatic carboxylic acids is 1. The highest BCUT2D eigenvalue weighted by Crippen LogP contribution is 2.14. The van der Waals surface area contributed by atoms with Crippen molar-refractivity contribution in [2.24, 2.45) is 0 Å². The summed E-state index contributed by atoms with van der Waals surface area (Å²) in [6.45, 7) is 2.85. The number of rotatable bonds is 7. The van der Waals surface area contributed by atoms with Crippen LogP contribution in [0, 0.1) is 0 Å². The normalized spacial score (nSPS) is 10.1. The maximum atomic E-state index is 10.5. The van der Waals surface area contributed by atoms with Crippen LogP contribution in [-0.4, -0.2) is 17.7 Å². The van der Waals surface area contributed by atoms with Gasteiger partial charge in [0.1, 0.15) is 5.75 Å². The first-order chi connectivity index (χ1) is 7.72. The molecule has 1 N–H and O–H groups in total. The number of hydrogen-bond donors (Lipinski definition) is 1. The summed E-state index contributed by atoms with van der Waals surface area (Å²) >= 11 is 0. The standard InChI is InChI=1S/C13H18O3/c1-2-3-4-8-16-12-7-5-6-11(9-12)10-13(14)15/h5-7,9H,2-4,8,10H2,1H3,(H,14,15). The predicted molar refractivity (Wildman–Crippen MR) is 62.8 cm³/mol. The Labute approximate surface area is 96.1 Å². The molecule has 3 heteroatoms. The van der Waals surface area contributed by atoms with Gasteiger partial charge in [-0.05, 0) is 24.1 Å².